The highest BCUT2D eigenvalue weighted by Crippen LogP contribution is 2.36. The van der Waals surface area contributed by atoms with E-state index >= 15 is 0 Å². The van der Waals surface area contributed by atoms with E-state index in [4.69, 9.17) is 0 Å². The lowest BCUT2D eigenvalue weighted by molar-refractivity contribution is -0.137. The Kier molecular flexibility index (Phi) is 4.76. The van der Waals surface area contributed by atoms with E-state index in [-0.39, 0.29) is 0 Å². The second-order valence-corrected chi connectivity index (χ2v) is 6.90. The summed E-state index contributed by atoms with van der Waals surface area (Å²) in [6.45, 7) is 3.56. The van der Waals surface area contributed by atoms with E-state index in [1.807, 2.05) is 19.1 Å². The van der Waals surface area contributed by atoms with E-state index in [0.717, 1.165) is 17.7 Å². The smallest absolute Gasteiger partial charge is 0.326 e. The van der Waals surface area contributed by atoms with Crippen LogP contribution in [0.4, 0.5) is 24.8 Å². The van der Waals surface area contributed by atoms with Gasteiger partial charge in [0.15, 0.2) is 0 Å². The second-order valence-electron chi connectivity index (χ2n) is 6.90. The Morgan fingerprint density at radius 1 is 1.10 bits per heavy atom. The molecular weight excluding hydrogens is 397 g/mol. The lowest BCUT2D eigenvalue weighted by Crippen LogP contribution is -2.31. The van der Waals surface area contributed by atoms with Crippen LogP contribution in [0, 0.1) is 6.92 Å². The fraction of sp³-hybridized carbons (Fsp3) is 0.200. The van der Waals surface area contributed by atoms with Gasteiger partial charge in [-0.1, -0.05) is 35.4 Å². The first-order valence-electron chi connectivity index (χ1n) is 9.05. The molecule has 2 N–H and O–H groups in total. The van der Waals surface area contributed by atoms with Crippen molar-refractivity contribution >= 4 is 17.5 Å². The maximum Gasteiger partial charge on any atom is 0.416 e. The van der Waals surface area contributed by atoms with Crippen LogP contribution in [0.25, 0.3) is 0 Å². The first-order valence-corrected chi connectivity index (χ1v) is 9.05. The average Bonchev–Trinajstić information content (AvgIpc) is 3.16. The number of nitrogens with zero attached hydrogens (tertiary/aromatic N) is 4. The van der Waals surface area contributed by atoms with Gasteiger partial charge < -0.3 is 10.6 Å². The fourth-order valence-electron chi connectivity index (χ4n) is 3.37. The number of amides is 1. The summed E-state index contributed by atoms with van der Waals surface area (Å²) in [5, 5.41) is 17.3. The minimum absolute atomic E-state index is 0.296. The molecule has 2 aromatic carbocycles. The number of carbonyl (C=O) groups excluding carboxylic acids is 1. The van der Waals surface area contributed by atoms with E-state index in [0.29, 0.717) is 28.5 Å². The molecule has 4 rings (SSSR count). The highest BCUT2D eigenvalue weighted by molar-refractivity contribution is 6.06. The van der Waals surface area contributed by atoms with Crippen molar-refractivity contribution in [2.45, 2.75) is 26.1 Å². The summed E-state index contributed by atoms with van der Waals surface area (Å²) in [4.78, 5) is 13.2. The van der Waals surface area contributed by atoms with Crippen molar-refractivity contribution in [3.63, 3.8) is 0 Å². The second kappa shape index (κ2) is 7.29. The number of halogens is 3. The summed E-state index contributed by atoms with van der Waals surface area (Å²) in [7, 11) is 0. The summed E-state index contributed by atoms with van der Waals surface area (Å²) in [6, 6.07) is 11.1. The van der Waals surface area contributed by atoms with Crippen molar-refractivity contribution in [2.75, 3.05) is 10.6 Å². The number of fused-ring (bicyclic) bond motifs is 1. The first kappa shape index (κ1) is 19.6. The molecule has 1 aromatic heterocycles. The molecule has 1 atom stereocenters. The summed E-state index contributed by atoms with van der Waals surface area (Å²) < 4.78 is 40.3. The van der Waals surface area contributed by atoms with E-state index < -0.39 is 23.7 Å². The quantitative estimate of drug-likeness (QED) is 0.679. The molecular formula is C20H17F3N6O. The number of hydrogen-bond donors (Lipinski definition) is 2. The van der Waals surface area contributed by atoms with Crippen molar-refractivity contribution in [3.05, 3.63) is 76.5 Å². The molecule has 7 nitrogen and oxygen atoms in total. The molecule has 0 saturated carbocycles. The van der Waals surface area contributed by atoms with Gasteiger partial charge in [-0.15, -0.1) is 0 Å². The van der Waals surface area contributed by atoms with Gasteiger partial charge in [0.1, 0.15) is 6.04 Å². The molecule has 0 radical (unpaired) electrons. The van der Waals surface area contributed by atoms with E-state index in [9.17, 15) is 18.0 Å². The van der Waals surface area contributed by atoms with Gasteiger partial charge in [0, 0.05) is 11.4 Å². The van der Waals surface area contributed by atoms with Gasteiger partial charge in [-0.3, -0.25) is 4.79 Å². The lowest BCUT2D eigenvalue weighted by Gasteiger charge is -2.28. The monoisotopic (exact) mass is 414 g/mol. The van der Waals surface area contributed by atoms with Crippen LogP contribution in [-0.4, -0.2) is 26.1 Å². The Hall–Kier alpha value is -3.69. The minimum atomic E-state index is -4.45. The Bertz CT molecular complexity index is 1130. The van der Waals surface area contributed by atoms with Gasteiger partial charge in [-0.25, -0.2) is 0 Å². The third-order valence-corrected chi connectivity index (χ3v) is 4.91. The molecule has 0 unspecified atom stereocenters. The highest BCUT2D eigenvalue weighted by Gasteiger charge is 2.35. The van der Waals surface area contributed by atoms with Crippen molar-refractivity contribution in [2.24, 2.45) is 0 Å². The fourth-order valence-corrected chi connectivity index (χ4v) is 3.37. The molecule has 30 heavy (non-hydrogen) atoms. The molecule has 0 aliphatic carbocycles. The predicted molar refractivity (Wildman–Crippen MR) is 104 cm³/mol. The minimum Gasteiger partial charge on any atom is -0.326 e. The van der Waals surface area contributed by atoms with Crippen molar-refractivity contribution in [3.8, 4) is 0 Å². The number of alkyl halides is 3. The normalized spacial score (nSPS) is 16.1. The molecule has 0 saturated heterocycles. The van der Waals surface area contributed by atoms with Gasteiger partial charge >= 0.3 is 6.18 Å². The van der Waals surface area contributed by atoms with Crippen LogP contribution >= 0.6 is 0 Å². The third-order valence-electron chi connectivity index (χ3n) is 4.91. The molecule has 154 valence electrons. The number of para-hydroxylation sites is 1. The first-order chi connectivity index (χ1) is 14.3. The van der Waals surface area contributed by atoms with E-state index in [2.05, 4.69) is 26.2 Å². The summed E-state index contributed by atoms with van der Waals surface area (Å²) in [5.74, 6) is -0.106. The molecule has 0 fully saturated rings. The summed E-state index contributed by atoms with van der Waals surface area (Å²) >= 11 is 0. The van der Waals surface area contributed by atoms with E-state index in [1.165, 1.54) is 16.8 Å². The van der Waals surface area contributed by atoms with Gasteiger partial charge in [0.2, 0.25) is 5.95 Å². The number of aryl methyl sites for hydroxylation is 1. The van der Waals surface area contributed by atoms with Gasteiger partial charge in [0.05, 0.1) is 11.1 Å². The number of nitrogens with one attached hydrogen (secondary N) is 2. The molecule has 2 heterocycles. The van der Waals surface area contributed by atoms with Crippen LogP contribution in [0.5, 0.6) is 0 Å². The molecule has 10 heteroatoms. The van der Waals surface area contributed by atoms with Crippen LogP contribution in [0.15, 0.2) is 59.8 Å². The molecule has 1 aliphatic rings. The maximum absolute atomic E-state index is 13.2. The zero-order valence-corrected chi connectivity index (χ0v) is 16.0. The number of carbonyl (C=O) groups is 1. The SMILES string of the molecule is CC1=C(C(=O)Nc2ccccc2C)[C@@H](c2ccc(C(F)(F)F)cc2)n2nnnc2N1. The molecule has 1 aliphatic heterocycles. The maximum atomic E-state index is 13.2. The Morgan fingerprint density at radius 2 is 1.80 bits per heavy atom. The number of aromatic nitrogens is 4. The zero-order valence-electron chi connectivity index (χ0n) is 16.0. The molecule has 1 amide bonds. The van der Waals surface area contributed by atoms with Crippen LogP contribution in [0.2, 0.25) is 0 Å². The topological polar surface area (TPSA) is 84.7 Å². The number of allylic oxidation sites excluding steroid dienone is 1. The third kappa shape index (κ3) is 3.51. The van der Waals surface area contributed by atoms with Crippen LogP contribution in [-0.2, 0) is 11.0 Å². The van der Waals surface area contributed by atoms with Gasteiger partial charge in [-0.2, -0.15) is 17.9 Å². The number of tetrazole rings is 1. The molecule has 3 aromatic rings. The Labute approximate surface area is 169 Å². The molecule has 0 spiro atoms. The zero-order chi connectivity index (χ0) is 21.5. The Balaban J connectivity index is 1.76. The van der Waals surface area contributed by atoms with Gasteiger partial charge in [0.25, 0.3) is 5.91 Å². The summed E-state index contributed by atoms with van der Waals surface area (Å²) in [5.41, 5.74) is 2.00. The Morgan fingerprint density at radius 3 is 2.47 bits per heavy atom. The van der Waals surface area contributed by atoms with Crippen molar-refractivity contribution < 1.29 is 18.0 Å². The van der Waals surface area contributed by atoms with E-state index in [1.54, 1.807) is 19.1 Å². The van der Waals surface area contributed by atoms with Crippen LogP contribution < -0.4 is 10.6 Å². The number of benzene rings is 2. The predicted octanol–water partition coefficient (Wildman–Crippen LogP) is 3.93. The van der Waals surface area contributed by atoms with Crippen LogP contribution in [0.1, 0.15) is 29.7 Å². The lowest BCUT2D eigenvalue weighted by atomic mass is 9.94. The standard InChI is InChI=1S/C20H17F3N6O/c1-11-5-3-4-6-15(11)25-18(30)16-12(2)24-19-26-27-28-29(19)17(16)13-7-9-14(10-8-13)20(21,22)23/h3-10,17H,1-2H3,(H,25,30)(H,24,26,28)/t17-/m1/s1. The number of hydrogen-bond acceptors (Lipinski definition) is 5. The van der Waals surface area contributed by atoms with Crippen molar-refractivity contribution in [1.82, 2.24) is 20.2 Å². The molecule has 0 bridgehead atoms. The average molecular weight is 414 g/mol. The summed E-state index contributed by atoms with van der Waals surface area (Å²) in [6.07, 6.45) is -4.45. The largest absolute Gasteiger partial charge is 0.416 e. The number of anilines is 2. The highest BCUT2D eigenvalue weighted by atomic mass is 19.4. The van der Waals surface area contributed by atoms with Crippen molar-refractivity contribution in [1.29, 1.82) is 0 Å². The van der Waals surface area contributed by atoms with Gasteiger partial charge in [-0.05, 0) is 53.6 Å². The van der Waals surface area contributed by atoms with Crippen LogP contribution in [0.3, 0.4) is 0 Å². The number of rotatable bonds is 3.